The molecule has 1 aliphatic rings. The van der Waals surface area contributed by atoms with Crippen molar-refractivity contribution in [1.82, 2.24) is 5.73 Å². The number of rotatable bonds is 1. The second-order valence-corrected chi connectivity index (χ2v) is 3.18. The largest absolute Gasteiger partial charge is 0.250 e. The minimum absolute atomic E-state index is 0.382. The first-order valence-electron chi connectivity index (χ1n) is 3.89. The van der Waals surface area contributed by atoms with Gasteiger partial charge in [-0.1, -0.05) is 19.3 Å². The summed E-state index contributed by atoms with van der Waals surface area (Å²) in [7, 11) is 0. The highest BCUT2D eigenvalue weighted by molar-refractivity contribution is 4.94. The molecular weight excluding hydrogens is 124 g/mol. The molecule has 0 unspecified atom stereocenters. The molecule has 2 heteroatoms. The van der Waals surface area contributed by atoms with Crippen molar-refractivity contribution < 1.29 is 0 Å². The van der Waals surface area contributed by atoms with E-state index in [4.69, 9.17) is 11.0 Å². The fourth-order valence-corrected chi connectivity index (χ4v) is 1.56. The van der Waals surface area contributed by atoms with Gasteiger partial charge in [0, 0.05) is 5.54 Å². The topological polar surface area (TPSA) is 47.6 Å². The lowest BCUT2D eigenvalue weighted by atomic mass is 9.81. The Labute approximate surface area is 62.0 Å². The summed E-state index contributed by atoms with van der Waals surface area (Å²) in [4.78, 5) is 0. The Balaban J connectivity index is 2.42. The van der Waals surface area contributed by atoms with Crippen LogP contribution < -0.4 is 5.73 Å². The minimum atomic E-state index is -0.382. The van der Waals surface area contributed by atoms with E-state index in [2.05, 4.69) is 6.07 Å². The van der Waals surface area contributed by atoms with E-state index in [1.807, 2.05) is 0 Å². The molecule has 1 fully saturated rings. The molecule has 0 aromatic rings. The second-order valence-electron chi connectivity index (χ2n) is 3.18. The summed E-state index contributed by atoms with van der Waals surface area (Å²) >= 11 is 0. The van der Waals surface area contributed by atoms with Crippen LogP contribution in [0.5, 0.6) is 0 Å². The summed E-state index contributed by atoms with van der Waals surface area (Å²) in [6, 6.07) is 2.09. The fraction of sp³-hybridized carbons (Fsp3) is 0.875. The lowest BCUT2D eigenvalue weighted by molar-refractivity contribution is 0.290. The predicted molar refractivity (Wildman–Crippen MR) is 39.1 cm³/mol. The Hall–Kier alpha value is -0.550. The Bertz CT molecular complexity index is 140. The number of nitrogens with one attached hydrogen (secondary N) is 1. The molecule has 0 saturated heterocycles. The quantitative estimate of drug-likeness (QED) is 0.544. The lowest BCUT2D eigenvalue weighted by Gasteiger charge is -2.29. The maximum Gasteiger partial charge on any atom is 0.0641 e. The van der Waals surface area contributed by atoms with Crippen molar-refractivity contribution in [3.05, 3.63) is 0 Å². The van der Waals surface area contributed by atoms with E-state index in [1.54, 1.807) is 0 Å². The monoisotopic (exact) mass is 137 g/mol. The van der Waals surface area contributed by atoms with E-state index >= 15 is 0 Å². The molecule has 2 nitrogen and oxygen atoms in total. The molecule has 0 aromatic heterocycles. The third-order valence-corrected chi connectivity index (χ3v) is 2.23. The van der Waals surface area contributed by atoms with Crippen LogP contribution in [0.25, 0.3) is 0 Å². The molecule has 1 aliphatic carbocycles. The van der Waals surface area contributed by atoms with Gasteiger partial charge in [-0.15, -0.1) is 0 Å². The molecule has 0 heterocycles. The standard InChI is InChI=1S/C8H13N2/c9-7-6-8(10)4-2-1-3-5-8/h10H,1-6H2. The van der Waals surface area contributed by atoms with Gasteiger partial charge in [0.15, 0.2) is 0 Å². The molecule has 10 heavy (non-hydrogen) atoms. The summed E-state index contributed by atoms with van der Waals surface area (Å²) < 4.78 is 0. The lowest BCUT2D eigenvalue weighted by Crippen LogP contribution is -2.32. The summed E-state index contributed by atoms with van der Waals surface area (Å²) in [6.07, 6.45) is 5.83. The predicted octanol–water partition coefficient (Wildman–Crippen LogP) is 1.89. The summed E-state index contributed by atoms with van der Waals surface area (Å²) in [5, 5.41) is 8.41. The Morgan fingerprint density at radius 3 is 2.40 bits per heavy atom. The van der Waals surface area contributed by atoms with Crippen LogP contribution in [0.4, 0.5) is 0 Å². The summed E-state index contributed by atoms with van der Waals surface area (Å²) in [6.45, 7) is 0. The van der Waals surface area contributed by atoms with Crippen LogP contribution in [0.2, 0.25) is 0 Å². The van der Waals surface area contributed by atoms with Gasteiger partial charge in [0.2, 0.25) is 0 Å². The van der Waals surface area contributed by atoms with E-state index in [9.17, 15) is 0 Å². The smallest absolute Gasteiger partial charge is 0.0641 e. The van der Waals surface area contributed by atoms with Crippen molar-refractivity contribution in [2.75, 3.05) is 0 Å². The number of hydrogen-bond acceptors (Lipinski definition) is 1. The van der Waals surface area contributed by atoms with Gasteiger partial charge < -0.3 is 0 Å². The number of nitrogens with zero attached hydrogens (tertiary/aromatic N) is 1. The van der Waals surface area contributed by atoms with Gasteiger partial charge in [-0.25, -0.2) is 0 Å². The number of nitriles is 1. The maximum atomic E-state index is 8.41. The van der Waals surface area contributed by atoms with Crippen molar-refractivity contribution in [3.63, 3.8) is 0 Å². The fourth-order valence-electron chi connectivity index (χ4n) is 1.56. The normalized spacial score (nSPS) is 23.6. The summed E-state index contributed by atoms with van der Waals surface area (Å²) in [5.74, 6) is 0. The van der Waals surface area contributed by atoms with Gasteiger partial charge in [-0.2, -0.15) is 5.26 Å². The third kappa shape index (κ3) is 1.71. The first kappa shape index (κ1) is 7.56. The molecular formula is C8H13N2. The molecule has 0 bridgehead atoms. The van der Waals surface area contributed by atoms with E-state index < -0.39 is 0 Å². The highest BCUT2D eigenvalue weighted by Crippen LogP contribution is 2.29. The van der Waals surface area contributed by atoms with Crippen molar-refractivity contribution in [3.8, 4) is 6.07 Å². The van der Waals surface area contributed by atoms with Crippen LogP contribution >= 0.6 is 0 Å². The zero-order chi connectivity index (χ0) is 7.45. The van der Waals surface area contributed by atoms with Crippen LogP contribution in [0.3, 0.4) is 0 Å². The average molecular weight is 137 g/mol. The Kier molecular flexibility index (Phi) is 2.29. The van der Waals surface area contributed by atoms with Crippen LogP contribution in [-0.4, -0.2) is 5.54 Å². The van der Waals surface area contributed by atoms with Gasteiger partial charge >= 0.3 is 0 Å². The van der Waals surface area contributed by atoms with Gasteiger partial charge in [-0.3, -0.25) is 5.73 Å². The van der Waals surface area contributed by atoms with Gasteiger partial charge in [0.1, 0.15) is 0 Å². The SMILES string of the molecule is N#CCC1([NH])CCCCC1. The first-order chi connectivity index (χ1) is 4.77. The van der Waals surface area contributed by atoms with E-state index in [1.165, 1.54) is 6.42 Å². The molecule has 0 atom stereocenters. The van der Waals surface area contributed by atoms with E-state index in [0.29, 0.717) is 6.42 Å². The van der Waals surface area contributed by atoms with E-state index in [-0.39, 0.29) is 5.54 Å². The molecule has 0 aromatic carbocycles. The highest BCUT2D eigenvalue weighted by Gasteiger charge is 2.27. The van der Waals surface area contributed by atoms with Gasteiger partial charge in [0.25, 0.3) is 0 Å². The highest BCUT2D eigenvalue weighted by atomic mass is 14.7. The van der Waals surface area contributed by atoms with Crippen LogP contribution in [-0.2, 0) is 0 Å². The maximum absolute atomic E-state index is 8.41. The van der Waals surface area contributed by atoms with Crippen molar-refractivity contribution in [2.24, 2.45) is 0 Å². The zero-order valence-corrected chi connectivity index (χ0v) is 6.19. The van der Waals surface area contributed by atoms with Gasteiger partial charge in [-0.05, 0) is 12.8 Å². The molecule has 1 radical (unpaired) electrons. The Morgan fingerprint density at radius 2 is 1.90 bits per heavy atom. The molecule has 1 rings (SSSR count). The van der Waals surface area contributed by atoms with Crippen molar-refractivity contribution in [2.45, 2.75) is 44.1 Å². The first-order valence-corrected chi connectivity index (χ1v) is 3.89. The molecule has 0 aliphatic heterocycles. The molecule has 55 valence electrons. The molecule has 1 saturated carbocycles. The minimum Gasteiger partial charge on any atom is -0.250 e. The van der Waals surface area contributed by atoms with E-state index in [0.717, 1.165) is 25.7 Å². The average Bonchev–Trinajstić information content (AvgIpc) is 1.89. The van der Waals surface area contributed by atoms with Gasteiger partial charge in [0.05, 0.1) is 12.5 Å². The van der Waals surface area contributed by atoms with Crippen molar-refractivity contribution >= 4 is 0 Å². The third-order valence-electron chi connectivity index (χ3n) is 2.23. The van der Waals surface area contributed by atoms with Crippen LogP contribution in [0.15, 0.2) is 0 Å². The zero-order valence-electron chi connectivity index (χ0n) is 6.19. The molecule has 1 N–H and O–H groups in total. The van der Waals surface area contributed by atoms with Crippen LogP contribution in [0.1, 0.15) is 38.5 Å². The van der Waals surface area contributed by atoms with Crippen LogP contribution in [0, 0.1) is 11.3 Å². The molecule has 0 amide bonds. The summed E-state index contributed by atoms with van der Waals surface area (Å²) in [5.41, 5.74) is 7.42. The van der Waals surface area contributed by atoms with Crippen molar-refractivity contribution in [1.29, 1.82) is 5.26 Å². The Morgan fingerprint density at radius 1 is 1.30 bits per heavy atom. The second kappa shape index (κ2) is 3.03. The number of hydrogen-bond donors (Lipinski definition) is 0. The molecule has 0 spiro atoms.